The maximum atomic E-state index is 12.9. The SMILES string of the molecule is CCCN(CC1CC1)C(=O)c1cccc(S(=O)(=O)Nc2ccc(C)cc2)c1. The first-order valence-electron chi connectivity index (χ1n) is 9.38. The second kappa shape index (κ2) is 8.13. The summed E-state index contributed by atoms with van der Waals surface area (Å²) in [6, 6.07) is 13.4. The predicted octanol–water partition coefficient (Wildman–Crippen LogP) is 4.06. The van der Waals surface area contributed by atoms with Crippen molar-refractivity contribution in [1.82, 2.24) is 4.90 Å². The van der Waals surface area contributed by atoms with Gasteiger partial charge in [0.15, 0.2) is 0 Å². The Kier molecular flexibility index (Phi) is 5.85. The number of anilines is 1. The summed E-state index contributed by atoms with van der Waals surface area (Å²) in [7, 11) is -3.75. The van der Waals surface area contributed by atoms with Crippen LogP contribution < -0.4 is 4.72 Å². The summed E-state index contributed by atoms with van der Waals surface area (Å²) in [6.45, 7) is 5.43. The molecule has 1 saturated carbocycles. The van der Waals surface area contributed by atoms with Crippen LogP contribution in [0.4, 0.5) is 5.69 Å². The third-order valence-corrected chi connectivity index (χ3v) is 6.03. The summed E-state index contributed by atoms with van der Waals surface area (Å²) in [5, 5.41) is 0. The molecule has 2 aromatic rings. The highest BCUT2D eigenvalue weighted by atomic mass is 32.2. The Balaban J connectivity index is 1.80. The van der Waals surface area contributed by atoms with Gasteiger partial charge in [-0.25, -0.2) is 8.42 Å². The number of aryl methyl sites for hydroxylation is 1. The summed E-state index contributed by atoms with van der Waals surface area (Å²) in [4.78, 5) is 14.8. The van der Waals surface area contributed by atoms with E-state index < -0.39 is 10.0 Å². The maximum Gasteiger partial charge on any atom is 0.261 e. The van der Waals surface area contributed by atoms with E-state index in [0.29, 0.717) is 23.7 Å². The van der Waals surface area contributed by atoms with Crippen LogP contribution in [0.2, 0.25) is 0 Å². The summed E-state index contributed by atoms with van der Waals surface area (Å²) in [5.74, 6) is 0.492. The molecule has 0 saturated heterocycles. The van der Waals surface area contributed by atoms with Crippen molar-refractivity contribution in [3.63, 3.8) is 0 Å². The van der Waals surface area contributed by atoms with Crippen LogP contribution in [0, 0.1) is 12.8 Å². The predicted molar refractivity (Wildman–Crippen MR) is 107 cm³/mol. The van der Waals surface area contributed by atoms with E-state index in [-0.39, 0.29) is 10.8 Å². The van der Waals surface area contributed by atoms with E-state index in [4.69, 9.17) is 0 Å². The molecule has 0 bridgehead atoms. The average Bonchev–Trinajstić information content (AvgIpc) is 3.47. The van der Waals surface area contributed by atoms with Crippen LogP contribution in [-0.4, -0.2) is 32.3 Å². The number of rotatable bonds is 8. The molecule has 27 heavy (non-hydrogen) atoms. The summed E-state index contributed by atoms with van der Waals surface area (Å²) < 4.78 is 28.0. The molecule has 1 aliphatic carbocycles. The van der Waals surface area contributed by atoms with Crippen molar-refractivity contribution < 1.29 is 13.2 Å². The molecule has 0 unspecified atom stereocenters. The molecule has 0 spiro atoms. The van der Waals surface area contributed by atoms with Gasteiger partial charge in [0.2, 0.25) is 0 Å². The molecule has 5 nitrogen and oxygen atoms in total. The highest BCUT2D eigenvalue weighted by Crippen LogP contribution is 2.30. The Hall–Kier alpha value is -2.34. The molecule has 1 aliphatic rings. The van der Waals surface area contributed by atoms with E-state index in [2.05, 4.69) is 4.72 Å². The van der Waals surface area contributed by atoms with Crippen LogP contribution in [0.1, 0.15) is 42.1 Å². The first-order valence-corrected chi connectivity index (χ1v) is 10.9. The number of nitrogens with one attached hydrogen (secondary N) is 1. The number of hydrogen-bond donors (Lipinski definition) is 1. The highest BCUT2D eigenvalue weighted by molar-refractivity contribution is 7.92. The molecule has 0 atom stereocenters. The van der Waals surface area contributed by atoms with Crippen molar-refractivity contribution in [1.29, 1.82) is 0 Å². The number of amides is 1. The van der Waals surface area contributed by atoms with Crippen molar-refractivity contribution in [3.05, 3.63) is 59.7 Å². The Morgan fingerprint density at radius 2 is 1.85 bits per heavy atom. The normalized spacial score (nSPS) is 14.0. The summed E-state index contributed by atoms with van der Waals surface area (Å²) >= 11 is 0. The van der Waals surface area contributed by atoms with Gasteiger partial charge in [0.05, 0.1) is 4.90 Å². The molecule has 0 aromatic heterocycles. The third-order valence-electron chi connectivity index (χ3n) is 4.65. The van der Waals surface area contributed by atoms with E-state index in [9.17, 15) is 13.2 Å². The Bertz CT molecular complexity index is 903. The van der Waals surface area contributed by atoms with Crippen LogP contribution in [0.15, 0.2) is 53.4 Å². The van der Waals surface area contributed by atoms with Crippen LogP contribution in [-0.2, 0) is 10.0 Å². The molecule has 0 heterocycles. The minimum atomic E-state index is -3.75. The monoisotopic (exact) mass is 386 g/mol. The molecule has 3 rings (SSSR count). The lowest BCUT2D eigenvalue weighted by molar-refractivity contribution is 0.0747. The standard InChI is InChI=1S/C21H26N2O3S/c1-3-13-23(15-17-9-10-17)21(24)18-5-4-6-20(14-18)27(25,26)22-19-11-7-16(2)8-12-19/h4-8,11-12,14,17,22H,3,9-10,13,15H2,1-2H3. The van der Waals surface area contributed by atoms with Gasteiger partial charge in [-0.3, -0.25) is 9.52 Å². The van der Waals surface area contributed by atoms with Gasteiger partial charge in [-0.05, 0) is 62.4 Å². The van der Waals surface area contributed by atoms with Gasteiger partial charge < -0.3 is 4.90 Å². The average molecular weight is 387 g/mol. The number of benzene rings is 2. The van der Waals surface area contributed by atoms with Crippen molar-refractivity contribution in [2.45, 2.75) is 38.0 Å². The second-order valence-electron chi connectivity index (χ2n) is 7.19. The van der Waals surface area contributed by atoms with E-state index >= 15 is 0 Å². The second-order valence-corrected chi connectivity index (χ2v) is 8.88. The molecule has 1 fully saturated rings. The van der Waals surface area contributed by atoms with Crippen LogP contribution >= 0.6 is 0 Å². The van der Waals surface area contributed by atoms with Gasteiger partial charge in [-0.1, -0.05) is 30.7 Å². The fourth-order valence-corrected chi connectivity index (χ4v) is 4.08. The first kappa shape index (κ1) is 19.4. The molecular formula is C21H26N2O3S. The Labute approximate surface area is 161 Å². The smallest absolute Gasteiger partial charge is 0.261 e. The number of nitrogens with zero attached hydrogens (tertiary/aromatic N) is 1. The highest BCUT2D eigenvalue weighted by Gasteiger charge is 2.27. The zero-order chi connectivity index (χ0) is 19.4. The van der Waals surface area contributed by atoms with Crippen molar-refractivity contribution in [2.75, 3.05) is 17.8 Å². The molecule has 2 aromatic carbocycles. The maximum absolute atomic E-state index is 12.9. The first-order chi connectivity index (χ1) is 12.9. The van der Waals surface area contributed by atoms with Crippen molar-refractivity contribution in [2.24, 2.45) is 5.92 Å². The Morgan fingerprint density at radius 1 is 1.15 bits per heavy atom. The van der Waals surface area contributed by atoms with Crippen LogP contribution in [0.5, 0.6) is 0 Å². The number of carbonyl (C=O) groups excluding carboxylic acids is 1. The number of hydrogen-bond acceptors (Lipinski definition) is 3. The third kappa shape index (κ3) is 5.10. The lowest BCUT2D eigenvalue weighted by Gasteiger charge is -2.22. The topological polar surface area (TPSA) is 66.5 Å². The van der Waals surface area contributed by atoms with Gasteiger partial charge in [0.1, 0.15) is 0 Å². The lowest BCUT2D eigenvalue weighted by Crippen LogP contribution is -2.33. The molecule has 144 valence electrons. The molecule has 0 radical (unpaired) electrons. The fourth-order valence-electron chi connectivity index (χ4n) is 2.97. The van der Waals surface area contributed by atoms with E-state index in [1.165, 1.54) is 25.0 Å². The van der Waals surface area contributed by atoms with Gasteiger partial charge in [0, 0.05) is 24.3 Å². The summed E-state index contributed by atoms with van der Waals surface area (Å²) in [6.07, 6.45) is 3.22. The van der Waals surface area contributed by atoms with Crippen LogP contribution in [0.25, 0.3) is 0 Å². The zero-order valence-electron chi connectivity index (χ0n) is 15.8. The lowest BCUT2D eigenvalue weighted by atomic mass is 10.2. The van der Waals surface area contributed by atoms with Crippen LogP contribution in [0.3, 0.4) is 0 Å². The van der Waals surface area contributed by atoms with Gasteiger partial charge in [-0.2, -0.15) is 0 Å². The van der Waals surface area contributed by atoms with Gasteiger partial charge >= 0.3 is 0 Å². The van der Waals surface area contributed by atoms with E-state index in [1.807, 2.05) is 30.9 Å². The minimum absolute atomic E-state index is 0.0943. The molecule has 6 heteroatoms. The summed E-state index contributed by atoms with van der Waals surface area (Å²) in [5.41, 5.74) is 1.96. The van der Waals surface area contributed by atoms with Gasteiger partial charge in [0.25, 0.3) is 15.9 Å². The van der Waals surface area contributed by atoms with Crippen molar-refractivity contribution >= 4 is 21.6 Å². The number of sulfonamides is 1. The Morgan fingerprint density at radius 3 is 2.48 bits per heavy atom. The zero-order valence-corrected chi connectivity index (χ0v) is 16.6. The van der Waals surface area contributed by atoms with E-state index in [0.717, 1.165) is 18.5 Å². The minimum Gasteiger partial charge on any atom is -0.338 e. The molecule has 1 amide bonds. The van der Waals surface area contributed by atoms with Crippen molar-refractivity contribution in [3.8, 4) is 0 Å². The number of carbonyl (C=O) groups is 1. The molecule has 0 aliphatic heterocycles. The molecular weight excluding hydrogens is 360 g/mol. The largest absolute Gasteiger partial charge is 0.338 e. The quantitative estimate of drug-likeness (QED) is 0.744. The molecule has 1 N–H and O–H groups in total. The van der Waals surface area contributed by atoms with E-state index in [1.54, 1.807) is 24.3 Å². The fraction of sp³-hybridized carbons (Fsp3) is 0.381. The van der Waals surface area contributed by atoms with Gasteiger partial charge in [-0.15, -0.1) is 0 Å².